The number of methoxy groups -OCH3 is 1. The van der Waals surface area contributed by atoms with E-state index in [4.69, 9.17) is 4.74 Å². The van der Waals surface area contributed by atoms with Crippen LogP contribution < -0.4 is 14.4 Å². The lowest BCUT2D eigenvalue weighted by Gasteiger charge is -2.24. The monoisotopic (exact) mass is 390 g/mol. The van der Waals surface area contributed by atoms with E-state index in [1.165, 1.54) is 10.6 Å². The molecule has 0 aliphatic heterocycles. The fourth-order valence-electron chi connectivity index (χ4n) is 2.76. The lowest BCUT2D eigenvalue weighted by molar-refractivity contribution is -0.121. The Labute approximate surface area is 161 Å². The Morgan fingerprint density at radius 3 is 2.56 bits per heavy atom. The van der Waals surface area contributed by atoms with Gasteiger partial charge in [-0.2, -0.15) is 0 Å². The molecule has 0 aliphatic carbocycles. The highest BCUT2D eigenvalue weighted by atomic mass is 32.2. The zero-order chi connectivity index (χ0) is 19.9. The number of ether oxygens (including phenoxy) is 1. The number of sulfonamides is 1. The van der Waals surface area contributed by atoms with Crippen LogP contribution >= 0.6 is 0 Å². The van der Waals surface area contributed by atoms with Gasteiger partial charge in [-0.1, -0.05) is 30.3 Å². The quantitative estimate of drug-likeness (QED) is 0.714. The third-order valence-electron chi connectivity index (χ3n) is 4.17. The van der Waals surface area contributed by atoms with Gasteiger partial charge in [-0.05, 0) is 42.7 Å². The van der Waals surface area contributed by atoms with Crippen LogP contribution in [0.2, 0.25) is 0 Å². The highest BCUT2D eigenvalue weighted by Gasteiger charge is 2.18. The van der Waals surface area contributed by atoms with Gasteiger partial charge in [0.05, 0.1) is 19.1 Å². The van der Waals surface area contributed by atoms with E-state index in [0.717, 1.165) is 16.9 Å². The first kappa shape index (κ1) is 20.8. The Morgan fingerprint density at radius 1 is 1.15 bits per heavy atom. The van der Waals surface area contributed by atoms with Crippen LogP contribution in [0.5, 0.6) is 5.75 Å². The minimum atomic E-state index is -3.41. The molecule has 0 saturated heterocycles. The summed E-state index contributed by atoms with van der Waals surface area (Å²) in [5, 5.41) is 2.85. The molecule has 2 aromatic carbocycles. The number of rotatable bonds is 9. The molecule has 146 valence electrons. The summed E-state index contributed by atoms with van der Waals surface area (Å²) in [6.45, 7) is 2.54. The average Bonchev–Trinajstić information content (AvgIpc) is 2.63. The summed E-state index contributed by atoms with van der Waals surface area (Å²) in [4.78, 5) is 12.1. The van der Waals surface area contributed by atoms with Crippen LogP contribution in [0, 0.1) is 6.92 Å². The van der Waals surface area contributed by atoms with Crippen molar-refractivity contribution in [1.82, 2.24) is 5.32 Å². The number of benzene rings is 2. The highest BCUT2D eigenvalue weighted by molar-refractivity contribution is 7.92. The summed E-state index contributed by atoms with van der Waals surface area (Å²) in [5.74, 6) is 0.625. The van der Waals surface area contributed by atoms with Crippen LogP contribution in [0.3, 0.4) is 0 Å². The number of anilines is 1. The lowest BCUT2D eigenvalue weighted by Crippen LogP contribution is -2.32. The maximum atomic E-state index is 12.1. The van der Waals surface area contributed by atoms with E-state index < -0.39 is 10.0 Å². The molecule has 0 bridgehead atoms. The van der Waals surface area contributed by atoms with Gasteiger partial charge >= 0.3 is 0 Å². The number of nitrogens with one attached hydrogen (secondary N) is 1. The average molecular weight is 391 g/mol. The Kier molecular flexibility index (Phi) is 7.24. The summed E-state index contributed by atoms with van der Waals surface area (Å²) in [7, 11) is -1.82. The smallest absolute Gasteiger partial charge is 0.232 e. The number of nitrogens with zero attached hydrogens (tertiary/aromatic N) is 1. The molecule has 27 heavy (non-hydrogen) atoms. The highest BCUT2D eigenvalue weighted by Crippen LogP contribution is 2.22. The Balaban J connectivity index is 1.89. The second-order valence-corrected chi connectivity index (χ2v) is 8.26. The van der Waals surface area contributed by atoms with E-state index in [9.17, 15) is 13.2 Å². The molecule has 0 heterocycles. The molecule has 6 nitrogen and oxygen atoms in total. The van der Waals surface area contributed by atoms with E-state index in [0.29, 0.717) is 18.7 Å². The molecule has 0 radical (unpaired) electrons. The van der Waals surface area contributed by atoms with Crippen molar-refractivity contribution >= 4 is 21.6 Å². The number of para-hydroxylation sites is 1. The topological polar surface area (TPSA) is 75.7 Å². The lowest BCUT2D eigenvalue weighted by atomic mass is 10.2. The molecular formula is C20H26N2O4S. The Bertz CT molecular complexity index is 881. The molecule has 0 spiro atoms. The predicted molar refractivity (Wildman–Crippen MR) is 107 cm³/mol. The first-order valence-electron chi connectivity index (χ1n) is 8.74. The van der Waals surface area contributed by atoms with Crippen LogP contribution in [0.15, 0.2) is 48.5 Å². The molecular weight excluding hydrogens is 364 g/mol. The zero-order valence-corrected chi connectivity index (χ0v) is 16.8. The molecule has 1 amide bonds. The van der Waals surface area contributed by atoms with Crippen molar-refractivity contribution in [3.05, 3.63) is 59.7 Å². The summed E-state index contributed by atoms with van der Waals surface area (Å²) < 4.78 is 30.8. The number of carbonyl (C=O) groups is 1. The van der Waals surface area contributed by atoms with Gasteiger partial charge in [-0.3, -0.25) is 9.10 Å². The van der Waals surface area contributed by atoms with Crippen molar-refractivity contribution < 1.29 is 17.9 Å². The zero-order valence-electron chi connectivity index (χ0n) is 15.9. The van der Waals surface area contributed by atoms with E-state index in [2.05, 4.69) is 5.32 Å². The van der Waals surface area contributed by atoms with Crippen LogP contribution in [0.25, 0.3) is 0 Å². The second kappa shape index (κ2) is 9.41. The van der Waals surface area contributed by atoms with Gasteiger partial charge in [0, 0.05) is 19.5 Å². The van der Waals surface area contributed by atoms with E-state index in [1.807, 2.05) is 43.3 Å². The van der Waals surface area contributed by atoms with Crippen LogP contribution in [0.4, 0.5) is 5.69 Å². The van der Waals surface area contributed by atoms with Gasteiger partial charge < -0.3 is 10.1 Å². The van der Waals surface area contributed by atoms with Gasteiger partial charge in [0.1, 0.15) is 5.75 Å². The first-order chi connectivity index (χ1) is 12.8. The van der Waals surface area contributed by atoms with Crippen molar-refractivity contribution in [2.75, 3.05) is 24.2 Å². The van der Waals surface area contributed by atoms with Crippen molar-refractivity contribution in [2.45, 2.75) is 26.3 Å². The molecule has 7 heteroatoms. The van der Waals surface area contributed by atoms with Crippen molar-refractivity contribution in [3.8, 4) is 5.75 Å². The third kappa shape index (κ3) is 6.29. The largest absolute Gasteiger partial charge is 0.497 e. The fourth-order valence-corrected chi connectivity index (χ4v) is 3.79. The molecule has 0 saturated carbocycles. The third-order valence-corrected chi connectivity index (χ3v) is 5.35. The summed E-state index contributed by atoms with van der Waals surface area (Å²) >= 11 is 0. The SMILES string of the molecule is COc1cccc(CNC(=O)CCCN(c2ccccc2C)S(C)(=O)=O)c1. The Hall–Kier alpha value is -2.54. The molecule has 0 fully saturated rings. The van der Waals surface area contributed by atoms with Crippen molar-refractivity contribution in [1.29, 1.82) is 0 Å². The summed E-state index contributed by atoms with van der Waals surface area (Å²) in [6.07, 6.45) is 1.87. The van der Waals surface area contributed by atoms with Gasteiger partial charge in [0.25, 0.3) is 0 Å². The number of carbonyl (C=O) groups excluding carboxylic acids is 1. The fraction of sp³-hybridized carbons (Fsp3) is 0.350. The number of hydrogen-bond acceptors (Lipinski definition) is 4. The number of hydrogen-bond donors (Lipinski definition) is 1. The normalized spacial score (nSPS) is 11.1. The van der Waals surface area contributed by atoms with Crippen LogP contribution in [-0.2, 0) is 21.4 Å². The van der Waals surface area contributed by atoms with Crippen LogP contribution in [-0.4, -0.2) is 34.2 Å². The standard InChI is InChI=1S/C20H26N2O4S/c1-16-8-4-5-11-19(16)22(27(3,24)25)13-7-12-20(23)21-15-17-9-6-10-18(14-17)26-2/h4-6,8-11,14H,7,12-13,15H2,1-3H3,(H,21,23). The number of amides is 1. The maximum Gasteiger partial charge on any atom is 0.232 e. The molecule has 2 rings (SSSR count). The minimum Gasteiger partial charge on any atom is -0.497 e. The molecule has 0 unspecified atom stereocenters. The molecule has 2 aromatic rings. The van der Waals surface area contributed by atoms with E-state index in [1.54, 1.807) is 19.2 Å². The first-order valence-corrected chi connectivity index (χ1v) is 10.6. The van der Waals surface area contributed by atoms with E-state index in [-0.39, 0.29) is 18.9 Å². The van der Waals surface area contributed by atoms with Crippen molar-refractivity contribution in [3.63, 3.8) is 0 Å². The predicted octanol–water partition coefficient (Wildman–Crippen LogP) is 2.87. The van der Waals surface area contributed by atoms with Gasteiger partial charge in [-0.25, -0.2) is 8.42 Å². The number of aryl methyl sites for hydroxylation is 1. The second-order valence-electron chi connectivity index (χ2n) is 6.35. The van der Waals surface area contributed by atoms with E-state index >= 15 is 0 Å². The minimum absolute atomic E-state index is 0.115. The van der Waals surface area contributed by atoms with Crippen LogP contribution in [0.1, 0.15) is 24.0 Å². The van der Waals surface area contributed by atoms with Gasteiger partial charge in [0.2, 0.25) is 15.9 Å². The molecule has 0 atom stereocenters. The summed E-state index contributed by atoms with van der Waals surface area (Å²) in [5.41, 5.74) is 2.47. The molecule has 1 N–H and O–H groups in total. The summed E-state index contributed by atoms with van der Waals surface area (Å²) in [6, 6.07) is 14.8. The van der Waals surface area contributed by atoms with Crippen molar-refractivity contribution in [2.24, 2.45) is 0 Å². The maximum absolute atomic E-state index is 12.1. The molecule has 0 aliphatic rings. The Morgan fingerprint density at radius 2 is 1.89 bits per heavy atom. The molecule has 0 aromatic heterocycles. The van der Waals surface area contributed by atoms with Gasteiger partial charge in [0.15, 0.2) is 0 Å². The van der Waals surface area contributed by atoms with Gasteiger partial charge in [-0.15, -0.1) is 0 Å².